The second-order valence-corrected chi connectivity index (χ2v) is 12.4. The van der Waals surface area contributed by atoms with Gasteiger partial charge in [0.25, 0.3) is 5.91 Å². The van der Waals surface area contributed by atoms with Gasteiger partial charge in [0.1, 0.15) is 12.6 Å². The van der Waals surface area contributed by atoms with Crippen molar-refractivity contribution in [1.82, 2.24) is 9.78 Å². The van der Waals surface area contributed by atoms with Crippen molar-refractivity contribution in [3.8, 4) is 5.88 Å². The molecule has 2 unspecified atom stereocenters. The number of carbonyl (C=O) groups excluding carboxylic acids is 1. The number of halogens is 1. The van der Waals surface area contributed by atoms with E-state index in [2.05, 4.69) is 5.10 Å². The normalized spacial score (nSPS) is 24.1. The van der Waals surface area contributed by atoms with Crippen molar-refractivity contribution in [2.45, 2.75) is 70.5 Å². The molecule has 14 heteroatoms. The Morgan fingerprint density at radius 2 is 1.89 bits per heavy atom. The van der Waals surface area contributed by atoms with Crippen LogP contribution in [-0.2, 0) is 41.6 Å². The molecule has 1 aromatic heterocycles. The number of aromatic nitrogens is 2. The van der Waals surface area contributed by atoms with Crippen molar-refractivity contribution < 1.29 is 48.7 Å². The van der Waals surface area contributed by atoms with E-state index in [4.69, 9.17) is 35.7 Å². The molecule has 0 spiro atoms. The van der Waals surface area contributed by atoms with Crippen molar-refractivity contribution in [2.24, 2.45) is 11.3 Å². The number of aliphatic carboxylic acids is 2. The fourth-order valence-electron chi connectivity index (χ4n) is 6.00. The highest BCUT2D eigenvalue weighted by Crippen LogP contribution is 2.46. The molecule has 1 aromatic carbocycles. The van der Waals surface area contributed by atoms with Crippen LogP contribution in [0.1, 0.15) is 50.5 Å². The predicted molar refractivity (Wildman–Crippen MR) is 158 cm³/mol. The monoisotopic (exact) mass is 637 g/mol. The van der Waals surface area contributed by atoms with Crippen LogP contribution in [0.5, 0.6) is 5.88 Å². The third-order valence-corrected chi connectivity index (χ3v) is 8.28. The lowest BCUT2D eigenvalue weighted by atomic mass is 9.78. The summed E-state index contributed by atoms with van der Waals surface area (Å²) in [5, 5.41) is 33.3. The third-order valence-electron chi connectivity index (χ3n) is 8.05. The van der Waals surface area contributed by atoms with E-state index < -0.39 is 42.7 Å². The minimum atomic E-state index is -1.24. The summed E-state index contributed by atoms with van der Waals surface area (Å²) >= 11 is 6.51. The summed E-state index contributed by atoms with van der Waals surface area (Å²) in [5.41, 5.74) is 0.909. The standard InChI is InChI=1S/C30H40ClN3O10/c1-30(2,16-35)15-33-21-9-8-17(31)10-20(21)27(19-6-5-7-22(41-3)28(19)42-4)44-23(29(33)40)11-18-12-24(43-14-26(38)39)34(32-18)13-25(36)37/h8-10,12,19,22-23,27-28,35H,5-7,11,13-16H2,1-4H3,(H,36,37)(H,38,39)/t19?,22?,23-,27-,28+/m1/s1. The zero-order valence-corrected chi connectivity index (χ0v) is 26.0. The van der Waals surface area contributed by atoms with Crippen LogP contribution in [0.3, 0.4) is 0 Å². The maximum atomic E-state index is 14.4. The van der Waals surface area contributed by atoms with Crippen LogP contribution in [0, 0.1) is 11.3 Å². The largest absolute Gasteiger partial charge is 0.480 e. The van der Waals surface area contributed by atoms with E-state index in [1.807, 2.05) is 13.8 Å². The molecule has 1 fully saturated rings. The SMILES string of the molecule is COC1CCCC([C@H]2O[C@H](Cc3cc(OCC(=O)O)n(CC(=O)O)n3)C(=O)N(CC(C)(C)CO)c3ccc(Cl)cc32)[C@@H]1OC. The summed E-state index contributed by atoms with van der Waals surface area (Å²) in [7, 11) is 3.26. The van der Waals surface area contributed by atoms with E-state index in [0.717, 1.165) is 23.9 Å². The molecule has 2 heterocycles. The average Bonchev–Trinajstić information content (AvgIpc) is 3.31. The Morgan fingerprint density at radius 3 is 2.52 bits per heavy atom. The topological polar surface area (TPSA) is 170 Å². The Bertz CT molecular complexity index is 1350. The number of aliphatic hydroxyl groups is 1. The Kier molecular flexibility index (Phi) is 10.9. The van der Waals surface area contributed by atoms with Crippen LogP contribution >= 0.6 is 11.6 Å². The molecule has 0 radical (unpaired) electrons. The highest BCUT2D eigenvalue weighted by molar-refractivity contribution is 6.30. The number of nitrogens with zero attached hydrogens (tertiary/aromatic N) is 3. The number of hydrogen-bond donors (Lipinski definition) is 3. The number of rotatable bonds is 13. The molecule has 4 rings (SSSR count). The lowest BCUT2D eigenvalue weighted by Crippen LogP contribution is -2.46. The maximum absolute atomic E-state index is 14.4. The Labute approximate surface area is 260 Å². The number of carboxylic acid groups (broad SMARTS) is 2. The number of aliphatic hydroxyl groups excluding tert-OH is 1. The van der Waals surface area contributed by atoms with Crippen molar-refractivity contribution in [1.29, 1.82) is 0 Å². The molecule has 1 amide bonds. The van der Waals surface area contributed by atoms with Crippen LogP contribution in [0.25, 0.3) is 0 Å². The highest BCUT2D eigenvalue weighted by Gasteiger charge is 2.46. The van der Waals surface area contributed by atoms with E-state index in [-0.39, 0.29) is 55.2 Å². The summed E-state index contributed by atoms with van der Waals surface area (Å²) < 4.78 is 24.8. The molecule has 1 aliphatic heterocycles. The van der Waals surface area contributed by atoms with Crippen LogP contribution < -0.4 is 9.64 Å². The molecule has 5 atom stereocenters. The van der Waals surface area contributed by atoms with Gasteiger partial charge in [-0.25, -0.2) is 9.48 Å². The van der Waals surface area contributed by atoms with Crippen LogP contribution in [0.4, 0.5) is 5.69 Å². The Morgan fingerprint density at radius 1 is 1.14 bits per heavy atom. The van der Waals surface area contributed by atoms with Crippen molar-refractivity contribution in [2.75, 3.05) is 38.9 Å². The quantitative estimate of drug-likeness (QED) is 0.295. The molecule has 242 valence electrons. The van der Waals surface area contributed by atoms with Crippen molar-refractivity contribution >= 4 is 35.1 Å². The fourth-order valence-corrected chi connectivity index (χ4v) is 6.18. The zero-order chi connectivity index (χ0) is 32.2. The van der Waals surface area contributed by atoms with E-state index in [0.29, 0.717) is 16.3 Å². The molecule has 0 bridgehead atoms. The smallest absolute Gasteiger partial charge is 0.341 e. The van der Waals surface area contributed by atoms with Gasteiger partial charge < -0.3 is 39.2 Å². The van der Waals surface area contributed by atoms with Gasteiger partial charge in [-0.05, 0) is 31.0 Å². The first kappa shape index (κ1) is 33.7. The number of benzene rings is 1. The number of fused-ring (bicyclic) bond motifs is 1. The lowest BCUT2D eigenvalue weighted by Gasteiger charge is -2.40. The number of carbonyl (C=O) groups is 3. The summed E-state index contributed by atoms with van der Waals surface area (Å²) in [6, 6.07) is 6.68. The van der Waals surface area contributed by atoms with Crippen molar-refractivity contribution in [3.05, 3.63) is 40.5 Å². The van der Waals surface area contributed by atoms with Gasteiger partial charge in [-0.1, -0.05) is 31.9 Å². The Balaban J connectivity index is 1.80. The molecule has 3 N–H and O–H groups in total. The number of carboxylic acids is 2. The lowest BCUT2D eigenvalue weighted by molar-refractivity contribution is -0.153. The second kappa shape index (κ2) is 14.2. The van der Waals surface area contributed by atoms with E-state index in [1.54, 1.807) is 37.3 Å². The molecule has 44 heavy (non-hydrogen) atoms. The van der Waals surface area contributed by atoms with E-state index in [1.165, 1.54) is 6.07 Å². The summed E-state index contributed by atoms with van der Waals surface area (Å²) in [6.45, 7) is 2.41. The van der Waals surface area contributed by atoms with E-state index in [9.17, 15) is 24.6 Å². The first-order valence-corrected chi connectivity index (χ1v) is 14.8. The number of anilines is 1. The number of hydrogen-bond acceptors (Lipinski definition) is 9. The van der Waals surface area contributed by atoms with Gasteiger partial charge in [0.15, 0.2) is 6.61 Å². The van der Waals surface area contributed by atoms with Crippen LogP contribution in [0.2, 0.25) is 5.02 Å². The Hall–Kier alpha value is -3.23. The van der Waals surface area contributed by atoms with Gasteiger partial charge in [-0.3, -0.25) is 9.59 Å². The van der Waals surface area contributed by atoms with Crippen molar-refractivity contribution in [3.63, 3.8) is 0 Å². The second-order valence-electron chi connectivity index (χ2n) is 12.0. The van der Waals surface area contributed by atoms with Crippen LogP contribution in [-0.4, -0.2) is 95.2 Å². The van der Waals surface area contributed by atoms with E-state index >= 15 is 0 Å². The van der Waals surface area contributed by atoms with Gasteiger partial charge in [0.05, 0.1) is 24.0 Å². The van der Waals surface area contributed by atoms with Gasteiger partial charge in [-0.2, -0.15) is 5.10 Å². The first-order valence-electron chi connectivity index (χ1n) is 14.4. The summed E-state index contributed by atoms with van der Waals surface area (Å²) in [5.74, 6) is -3.11. The maximum Gasteiger partial charge on any atom is 0.341 e. The summed E-state index contributed by atoms with van der Waals surface area (Å²) in [4.78, 5) is 38.5. The van der Waals surface area contributed by atoms with Gasteiger partial charge in [0, 0.05) is 67.5 Å². The minimum Gasteiger partial charge on any atom is -0.480 e. The molecule has 1 aliphatic carbocycles. The van der Waals surface area contributed by atoms with Gasteiger partial charge >= 0.3 is 11.9 Å². The zero-order valence-electron chi connectivity index (χ0n) is 25.3. The summed E-state index contributed by atoms with van der Waals surface area (Å²) in [6.07, 6.45) is 0.0514. The van der Waals surface area contributed by atoms with Gasteiger partial charge in [-0.15, -0.1) is 0 Å². The third kappa shape index (κ3) is 7.70. The fraction of sp³-hybridized carbons (Fsp3) is 0.600. The molecular weight excluding hydrogens is 598 g/mol. The van der Waals surface area contributed by atoms with Gasteiger partial charge in [0.2, 0.25) is 5.88 Å². The number of amides is 1. The molecule has 0 saturated heterocycles. The average molecular weight is 638 g/mol. The molecule has 13 nitrogen and oxygen atoms in total. The molecule has 2 aromatic rings. The predicted octanol–water partition coefficient (Wildman–Crippen LogP) is 2.95. The molecule has 2 aliphatic rings. The number of ether oxygens (including phenoxy) is 4. The molecule has 1 saturated carbocycles. The first-order chi connectivity index (χ1) is 20.9. The minimum absolute atomic E-state index is 0.0644. The molecular formula is C30H40ClN3O10. The number of methoxy groups -OCH3 is 2. The van der Waals surface area contributed by atoms with Crippen LogP contribution in [0.15, 0.2) is 24.3 Å². The highest BCUT2D eigenvalue weighted by atomic mass is 35.5.